The summed E-state index contributed by atoms with van der Waals surface area (Å²) in [7, 11) is -3.12. The number of hydrogen-bond acceptors (Lipinski definition) is 4. The van der Waals surface area contributed by atoms with Gasteiger partial charge in [-0.25, -0.2) is 8.42 Å². The van der Waals surface area contributed by atoms with Crippen molar-refractivity contribution in [3.05, 3.63) is 48.3 Å². The quantitative estimate of drug-likeness (QED) is 0.806. The number of aromatic nitrogens is 2. The first-order valence-corrected chi connectivity index (χ1v) is 10.4. The van der Waals surface area contributed by atoms with Crippen LogP contribution in [0.3, 0.4) is 0 Å². The minimum atomic E-state index is -3.12. The molecule has 130 valence electrons. The minimum Gasteiger partial charge on any atom is -0.296 e. The molecule has 0 unspecified atom stereocenters. The lowest BCUT2D eigenvalue weighted by molar-refractivity contribution is 0.127. The van der Waals surface area contributed by atoms with Gasteiger partial charge >= 0.3 is 0 Å². The Morgan fingerprint density at radius 3 is 2.67 bits per heavy atom. The van der Waals surface area contributed by atoms with Gasteiger partial charge in [0.1, 0.15) is 0 Å². The van der Waals surface area contributed by atoms with E-state index >= 15 is 0 Å². The molecule has 1 atom stereocenters. The second kappa shape index (κ2) is 7.49. The number of hydrogen-bond donors (Lipinski definition) is 0. The van der Waals surface area contributed by atoms with E-state index in [1.807, 2.05) is 35.3 Å². The van der Waals surface area contributed by atoms with Crippen LogP contribution >= 0.6 is 0 Å². The van der Waals surface area contributed by atoms with Gasteiger partial charge in [0.05, 0.1) is 4.90 Å². The molecule has 1 fully saturated rings. The highest BCUT2D eigenvalue weighted by atomic mass is 32.2. The maximum Gasteiger partial charge on any atom is 0.175 e. The van der Waals surface area contributed by atoms with Crippen molar-refractivity contribution in [1.29, 1.82) is 0 Å². The molecule has 0 amide bonds. The Morgan fingerprint density at radius 1 is 1.21 bits per heavy atom. The lowest BCUT2D eigenvalue weighted by Gasteiger charge is -2.36. The fourth-order valence-corrected chi connectivity index (χ4v) is 4.02. The molecule has 0 saturated carbocycles. The molecule has 0 bridgehead atoms. The van der Waals surface area contributed by atoms with Crippen molar-refractivity contribution in [3.63, 3.8) is 0 Å². The number of piperidine rings is 1. The van der Waals surface area contributed by atoms with Crippen LogP contribution < -0.4 is 0 Å². The SMILES string of the molecule is CS(=O)(=O)c1ccc(CN2CCCC[C@@H]2CCn2cccn2)cc1. The van der Waals surface area contributed by atoms with Crippen molar-refractivity contribution < 1.29 is 8.42 Å². The fourth-order valence-electron chi connectivity index (χ4n) is 3.39. The lowest BCUT2D eigenvalue weighted by Crippen LogP contribution is -2.39. The Balaban J connectivity index is 1.62. The monoisotopic (exact) mass is 347 g/mol. The largest absolute Gasteiger partial charge is 0.296 e. The van der Waals surface area contributed by atoms with Crippen LogP contribution in [0, 0.1) is 0 Å². The van der Waals surface area contributed by atoms with Crippen LogP contribution in [0.15, 0.2) is 47.6 Å². The third-order valence-electron chi connectivity index (χ3n) is 4.74. The van der Waals surface area contributed by atoms with Crippen molar-refractivity contribution >= 4 is 9.84 Å². The van der Waals surface area contributed by atoms with Gasteiger partial charge in [-0.1, -0.05) is 18.6 Å². The van der Waals surface area contributed by atoms with E-state index in [0.29, 0.717) is 10.9 Å². The first kappa shape index (κ1) is 17.2. The number of likely N-dealkylation sites (tertiary alicyclic amines) is 1. The minimum absolute atomic E-state index is 0.389. The van der Waals surface area contributed by atoms with Crippen LogP contribution in [0.5, 0.6) is 0 Å². The van der Waals surface area contributed by atoms with Gasteiger partial charge in [0.15, 0.2) is 9.84 Å². The summed E-state index contributed by atoms with van der Waals surface area (Å²) in [5.41, 5.74) is 1.17. The Morgan fingerprint density at radius 2 is 2.00 bits per heavy atom. The van der Waals surface area contributed by atoms with Crippen LogP contribution in [0.1, 0.15) is 31.2 Å². The van der Waals surface area contributed by atoms with E-state index in [1.54, 1.807) is 12.1 Å². The number of rotatable bonds is 6. The zero-order chi connectivity index (χ0) is 17.0. The molecule has 3 rings (SSSR count). The molecule has 0 aliphatic carbocycles. The highest BCUT2D eigenvalue weighted by molar-refractivity contribution is 7.90. The van der Waals surface area contributed by atoms with Gasteiger partial charge in [0.25, 0.3) is 0 Å². The fraction of sp³-hybridized carbons (Fsp3) is 0.500. The second-order valence-corrected chi connectivity index (χ2v) is 8.61. The Bertz CT molecular complexity index is 739. The van der Waals surface area contributed by atoms with Crippen LogP contribution in [-0.4, -0.2) is 41.9 Å². The molecular weight excluding hydrogens is 322 g/mol. The number of sulfone groups is 1. The lowest BCUT2D eigenvalue weighted by atomic mass is 9.98. The predicted octanol–water partition coefficient (Wildman–Crippen LogP) is 2.73. The van der Waals surface area contributed by atoms with Gasteiger partial charge in [-0.3, -0.25) is 9.58 Å². The third kappa shape index (κ3) is 4.45. The summed E-state index contributed by atoms with van der Waals surface area (Å²) in [6, 6.07) is 9.84. The zero-order valence-corrected chi connectivity index (χ0v) is 15.0. The molecular formula is C18H25N3O2S. The maximum atomic E-state index is 11.6. The molecule has 1 saturated heterocycles. The van der Waals surface area contributed by atoms with Crippen molar-refractivity contribution in [2.45, 2.75) is 49.7 Å². The maximum absolute atomic E-state index is 11.6. The molecule has 5 nitrogen and oxygen atoms in total. The number of benzene rings is 1. The van der Waals surface area contributed by atoms with E-state index in [9.17, 15) is 8.42 Å². The normalized spacial score (nSPS) is 19.5. The third-order valence-corrected chi connectivity index (χ3v) is 5.87. The predicted molar refractivity (Wildman–Crippen MR) is 94.4 cm³/mol. The summed E-state index contributed by atoms with van der Waals surface area (Å²) in [4.78, 5) is 2.92. The van der Waals surface area contributed by atoms with Gasteiger partial charge in [-0.2, -0.15) is 5.10 Å². The van der Waals surface area contributed by atoms with Crippen LogP contribution in [0.2, 0.25) is 0 Å². The molecule has 0 N–H and O–H groups in total. The molecule has 1 aromatic heterocycles. The highest BCUT2D eigenvalue weighted by Crippen LogP contribution is 2.23. The smallest absolute Gasteiger partial charge is 0.175 e. The van der Waals surface area contributed by atoms with Gasteiger partial charge in [0.2, 0.25) is 0 Å². The molecule has 2 heterocycles. The first-order valence-electron chi connectivity index (χ1n) is 8.53. The van der Waals surface area contributed by atoms with Crippen molar-refractivity contribution in [1.82, 2.24) is 14.7 Å². The van der Waals surface area contributed by atoms with Crippen LogP contribution in [0.25, 0.3) is 0 Å². The van der Waals surface area contributed by atoms with Gasteiger partial charge in [-0.05, 0) is 49.6 Å². The summed E-state index contributed by atoms with van der Waals surface area (Å²) < 4.78 is 25.1. The van der Waals surface area contributed by atoms with E-state index in [0.717, 1.165) is 26.1 Å². The molecule has 0 radical (unpaired) electrons. The van der Waals surface area contributed by atoms with Crippen molar-refractivity contribution in [2.75, 3.05) is 12.8 Å². The van der Waals surface area contributed by atoms with E-state index in [1.165, 1.54) is 31.1 Å². The summed E-state index contributed by atoms with van der Waals surface area (Å²) in [5, 5.41) is 4.28. The molecule has 24 heavy (non-hydrogen) atoms. The second-order valence-electron chi connectivity index (χ2n) is 6.59. The van der Waals surface area contributed by atoms with Crippen molar-refractivity contribution in [2.24, 2.45) is 0 Å². The van der Waals surface area contributed by atoms with Crippen LogP contribution in [0.4, 0.5) is 0 Å². The summed E-state index contributed by atoms with van der Waals surface area (Å²) in [5.74, 6) is 0. The summed E-state index contributed by atoms with van der Waals surface area (Å²) >= 11 is 0. The van der Waals surface area contributed by atoms with E-state index < -0.39 is 9.84 Å². The molecule has 1 aliphatic rings. The number of aryl methyl sites for hydroxylation is 1. The van der Waals surface area contributed by atoms with Gasteiger partial charge in [-0.15, -0.1) is 0 Å². The molecule has 0 spiro atoms. The Hall–Kier alpha value is -1.66. The average molecular weight is 347 g/mol. The topological polar surface area (TPSA) is 55.2 Å². The molecule has 6 heteroatoms. The summed E-state index contributed by atoms with van der Waals surface area (Å²) in [6.07, 6.45) is 9.93. The number of nitrogens with zero attached hydrogens (tertiary/aromatic N) is 3. The Kier molecular flexibility index (Phi) is 5.36. The van der Waals surface area contributed by atoms with Crippen molar-refractivity contribution in [3.8, 4) is 0 Å². The summed E-state index contributed by atoms with van der Waals surface area (Å²) in [6.45, 7) is 2.94. The average Bonchev–Trinajstić information content (AvgIpc) is 3.07. The standard InChI is InChI=1S/C18H25N3O2S/c1-24(22,23)18-8-6-16(7-9-18)15-20-12-3-2-5-17(20)10-14-21-13-4-11-19-21/h4,6-9,11,13,17H,2-3,5,10,12,14-15H2,1H3/t17-/m1/s1. The van der Waals surface area contributed by atoms with Crippen LogP contribution in [-0.2, 0) is 22.9 Å². The zero-order valence-electron chi connectivity index (χ0n) is 14.1. The molecule has 1 aliphatic heterocycles. The van der Waals surface area contributed by atoms with E-state index in [2.05, 4.69) is 10.00 Å². The van der Waals surface area contributed by atoms with E-state index in [4.69, 9.17) is 0 Å². The van der Waals surface area contributed by atoms with E-state index in [-0.39, 0.29) is 0 Å². The Labute approximate surface area is 144 Å². The first-order chi connectivity index (χ1) is 11.5. The van der Waals surface area contributed by atoms with Gasteiger partial charge < -0.3 is 0 Å². The molecule has 2 aromatic rings. The highest BCUT2D eigenvalue weighted by Gasteiger charge is 2.22. The van der Waals surface area contributed by atoms with Gasteiger partial charge in [0, 0.05) is 37.8 Å². The molecule has 1 aromatic carbocycles.